The lowest BCUT2D eigenvalue weighted by Gasteiger charge is -2.30. The van der Waals surface area contributed by atoms with Crippen LogP contribution in [0.15, 0.2) is 6.07 Å². The number of nitrogens with zero attached hydrogens (tertiary/aromatic N) is 2. The van der Waals surface area contributed by atoms with E-state index in [0.29, 0.717) is 5.92 Å². The molecule has 1 aliphatic rings. The van der Waals surface area contributed by atoms with Gasteiger partial charge in [0.1, 0.15) is 11.6 Å². The van der Waals surface area contributed by atoms with Crippen molar-refractivity contribution < 1.29 is 0 Å². The van der Waals surface area contributed by atoms with Gasteiger partial charge in [0.2, 0.25) is 0 Å². The van der Waals surface area contributed by atoms with E-state index in [1.54, 1.807) is 0 Å². The van der Waals surface area contributed by atoms with Crippen molar-refractivity contribution in [3.63, 3.8) is 0 Å². The number of aryl methyl sites for hydroxylation is 1. The number of hydrogen-bond acceptors (Lipinski definition) is 3. The first-order chi connectivity index (χ1) is 9.60. The Bertz CT molecular complexity index is 420. The minimum absolute atomic E-state index is 0.562. The molecule has 0 aliphatic heterocycles. The molecule has 0 aromatic carbocycles. The summed E-state index contributed by atoms with van der Waals surface area (Å²) in [6.45, 7) is 9.93. The van der Waals surface area contributed by atoms with Crippen LogP contribution >= 0.6 is 0 Å². The van der Waals surface area contributed by atoms with Crippen LogP contribution in [0, 0.1) is 18.8 Å². The molecule has 1 aromatic rings. The third-order valence-electron chi connectivity index (χ3n) is 4.51. The van der Waals surface area contributed by atoms with Crippen LogP contribution in [-0.4, -0.2) is 16.5 Å². The highest BCUT2D eigenvalue weighted by molar-refractivity contribution is 5.36. The molecule has 0 unspecified atom stereocenters. The van der Waals surface area contributed by atoms with Gasteiger partial charge in [0.15, 0.2) is 0 Å². The second kappa shape index (κ2) is 7.05. The zero-order valence-corrected chi connectivity index (χ0v) is 13.4. The molecule has 0 atom stereocenters. The average Bonchev–Trinajstić information content (AvgIpc) is 2.44. The lowest BCUT2D eigenvalue weighted by atomic mass is 9.77. The number of nitrogens with one attached hydrogen (secondary N) is 1. The molecular formula is C17H29N3. The second-order valence-electron chi connectivity index (χ2n) is 6.54. The van der Waals surface area contributed by atoms with Crippen molar-refractivity contribution in [3.8, 4) is 0 Å². The smallest absolute Gasteiger partial charge is 0.134 e. The number of hydrogen-bond donors (Lipinski definition) is 1. The van der Waals surface area contributed by atoms with Gasteiger partial charge >= 0.3 is 0 Å². The molecule has 2 rings (SSSR count). The molecule has 3 heteroatoms. The normalized spacial score (nSPS) is 23.1. The van der Waals surface area contributed by atoms with E-state index in [2.05, 4.69) is 44.1 Å². The van der Waals surface area contributed by atoms with Crippen LogP contribution in [0.4, 0.5) is 5.82 Å². The summed E-state index contributed by atoms with van der Waals surface area (Å²) >= 11 is 0. The van der Waals surface area contributed by atoms with Gasteiger partial charge in [-0.15, -0.1) is 0 Å². The molecule has 0 amide bonds. The molecule has 0 radical (unpaired) electrons. The molecule has 1 heterocycles. The van der Waals surface area contributed by atoms with E-state index in [4.69, 9.17) is 4.98 Å². The van der Waals surface area contributed by atoms with Gasteiger partial charge in [0, 0.05) is 24.2 Å². The van der Waals surface area contributed by atoms with Crippen molar-refractivity contribution in [2.45, 2.75) is 65.7 Å². The minimum atomic E-state index is 0.562. The maximum absolute atomic E-state index is 4.74. The molecule has 1 aromatic heterocycles. The van der Waals surface area contributed by atoms with E-state index in [-0.39, 0.29) is 0 Å². The van der Waals surface area contributed by atoms with Crippen molar-refractivity contribution in [1.29, 1.82) is 0 Å². The summed E-state index contributed by atoms with van der Waals surface area (Å²) in [5, 5.41) is 3.39. The summed E-state index contributed by atoms with van der Waals surface area (Å²) < 4.78 is 0. The molecule has 112 valence electrons. The maximum atomic E-state index is 4.74. The molecule has 20 heavy (non-hydrogen) atoms. The van der Waals surface area contributed by atoms with Crippen LogP contribution in [0.1, 0.15) is 70.3 Å². The van der Waals surface area contributed by atoms with Gasteiger partial charge in [0.05, 0.1) is 0 Å². The standard InChI is InChI=1S/C17H29N3/c1-5-10-18-16-11-13(4)19-17(20-16)15-8-6-14(7-9-15)12(2)3/h11-12,14-15H,5-10H2,1-4H3,(H,18,19,20). The van der Waals surface area contributed by atoms with Gasteiger partial charge < -0.3 is 5.32 Å². The lowest BCUT2D eigenvalue weighted by molar-refractivity contribution is 0.254. The molecule has 1 N–H and O–H groups in total. The summed E-state index contributed by atoms with van der Waals surface area (Å²) in [6.07, 6.45) is 6.28. The topological polar surface area (TPSA) is 37.8 Å². The predicted octanol–water partition coefficient (Wildman–Crippen LogP) is 4.54. The monoisotopic (exact) mass is 275 g/mol. The van der Waals surface area contributed by atoms with Gasteiger partial charge in [-0.05, 0) is 50.9 Å². The molecule has 0 saturated heterocycles. The molecular weight excluding hydrogens is 246 g/mol. The quantitative estimate of drug-likeness (QED) is 0.857. The highest BCUT2D eigenvalue weighted by atomic mass is 15.0. The Balaban J connectivity index is 2.03. The summed E-state index contributed by atoms with van der Waals surface area (Å²) in [5.41, 5.74) is 1.08. The third-order valence-corrected chi connectivity index (χ3v) is 4.51. The Morgan fingerprint density at radius 2 is 1.90 bits per heavy atom. The van der Waals surface area contributed by atoms with Crippen molar-refractivity contribution in [2.24, 2.45) is 11.8 Å². The van der Waals surface area contributed by atoms with Crippen molar-refractivity contribution in [2.75, 3.05) is 11.9 Å². The molecule has 1 saturated carbocycles. The van der Waals surface area contributed by atoms with Gasteiger partial charge in [-0.3, -0.25) is 0 Å². The van der Waals surface area contributed by atoms with E-state index < -0.39 is 0 Å². The van der Waals surface area contributed by atoms with Crippen molar-refractivity contribution >= 4 is 5.82 Å². The molecule has 0 bridgehead atoms. The largest absolute Gasteiger partial charge is 0.370 e. The van der Waals surface area contributed by atoms with Crippen LogP contribution in [-0.2, 0) is 0 Å². The van der Waals surface area contributed by atoms with Gasteiger partial charge in [-0.25, -0.2) is 9.97 Å². The first-order valence-corrected chi connectivity index (χ1v) is 8.19. The summed E-state index contributed by atoms with van der Waals surface area (Å²) in [5.74, 6) is 4.34. The van der Waals surface area contributed by atoms with Gasteiger partial charge in [0.25, 0.3) is 0 Å². The van der Waals surface area contributed by atoms with E-state index in [1.165, 1.54) is 25.7 Å². The second-order valence-corrected chi connectivity index (χ2v) is 6.54. The Morgan fingerprint density at radius 1 is 1.20 bits per heavy atom. The van der Waals surface area contributed by atoms with Gasteiger partial charge in [-0.1, -0.05) is 20.8 Å². The molecule has 1 aliphatic carbocycles. The fourth-order valence-electron chi connectivity index (χ4n) is 3.16. The lowest BCUT2D eigenvalue weighted by Crippen LogP contribution is -2.19. The number of rotatable bonds is 5. The zero-order chi connectivity index (χ0) is 14.5. The van der Waals surface area contributed by atoms with E-state index in [9.17, 15) is 0 Å². The van der Waals surface area contributed by atoms with Crippen LogP contribution in [0.5, 0.6) is 0 Å². The number of aromatic nitrogens is 2. The Labute approximate surface area is 123 Å². The third kappa shape index (κ3) is 3.94. The van der Waals surface area contributed by atoms with Crippen LogP contribution in [0.2, 0.25) is 0 Å². The van der Waals surface area contributed by atoms with Gasteiger partial charge in [-0.2, -0.15) is 0 Å². The van der Waals surface area contributed by atoms with E-state index in [1.807, 2.05) is 0 Å². The highest BCUT2D eigenvalue weighted by Crippen LogP contribution is 2.37. The Morgan fingerprint density at radius 3 is 2.50 bits per heavy atom. The van der Waals surface area contributed by atoms with E-state index >= 15 is 0 Å². The summed E-state index contributed by atoms with van der Waals surface area (Å²) in [4.78, 5) is 9.43. The minimum Gasteiger partial charge on any atom is -0.370 e. The zero-order valence-electron chi connectivity index (χ0n) is 13.4. The van der Waals surface area contributed by atoms with Crippen molar-refractivity contribution in [1.82, 2.24) is 9.97 Å². The number of anilines is 1. The molecule has 3 nitrogen and oxygen atoms in total. The average molecular weight is 275 g/mol. The van der Waals surface area contributed by atoms with Crippen LogP contribution < -0.4 is 5.32 Å². The molecule has 0 spiro atoms. The first-order valence-electron chi connectivity index (χ1n) is 8.19. The highest BCUT2D eigenvalue weighted by Gasteiger charge is 2.26. The maximum Gasteiger partial charge on any atom is 0.134 e. The molecule has 1 fully saturated rings. The predicted molar refractivity (Wildman–Crippen MR) is 85.1 cm³/mol. The Hall–Kier alpha value is -1.12. The summed E-state index contributed by atoms with van der Waals surface area (Å²) in [6, 6.07) is 2.05. The van der Waals surface area contributed by atoms with Crippen LogP contribution in [0.3, 0.4) is 0 Å². The SMILES string of the molecule is CCCNc1cc(C)nc(C2CCC(C(C)C)CC2)n1. The summed E-state index contributed by atoms with van der Waals surface area (Å²) in [7, 11) is 0. The van der Waals surface area contributed by atoms with E-state index in [0.717, 1.165) is 42.1 Å². The fourth-order valence-corrected chi connectivity index (χ4v) is 3.16. The van der Waals surface area contributed by atoms with Crippen LogP contribution in [0.25, 0.3) is 0 Å². The fraction of sp³-hybridized carbons (Fsp3) is 0.765. The Kier molecular flexibility index (Phi) is 5.38. The first kappa shape index (κ1) is 15.3. The van der Waals surface area contributed by atoms with Crippen molar-refractivity contribution in [3.05, 3.63) is 17.6 Å².